The number of hydrogen-bond donors (Lipinski definition) is 0. The average molecular weight is 332 g/mol. The summed E-state index contributed by atoms with van der Waals surface area (Å²) < 4.78 is 0. The first-order chi connectivity index (χ1) is 10.6. The van der Waals surface area contributed by atoms with Gasteiger partial charge in [-0.2, -0.15) is 0 Å². The minimum absolute atomic E-state index is 0.546. The van der Waals surface area contributed by atoms with E-state index in [1.807, 2.05) is 30.4 Å². The fraction of sp³-hybridized carbons (Fsp3) is 0.176. The van der Waals surface area contributed by atoms with E-state index in [4.69, 9.17) is 23.2 Å². The van der Waals surface area contributed by atoms with Crippen molar-refractivity contribution in [3.05, 3.63) is 63.9 Å². The zero-order chi connectivity index (χ0) is 15.5. The number of halogens is 2. The Hall–Kier alpha value is -1.84. The molecule has 0 amide bonds. The lowest BCUT2D eigenvalue weighted by Crippen LogP contribution is -2.20. The van der Waals surface area contributed by atoms with Crippen molar-refractivity contribution in [1.82, 2.24) is 4.98 Å². The van der Waals surface area contributed by atoms with Gasteiger partial charge in [-0.05, 0) is 35.9 Å². The van der Waals surface area contributed by atoms with E-state index >= 15 is 0 Å². The van der Waals surface area contributed by atoms with E-state index in [1.165, 1.54) is 0 Å². The number of pyridine rings is 1. The Bertz CT molecular complexity index is 753. The highest BCUT2D eigenvalue weighted by Gasteiger charge is 2.15. The summed E-state index contributed by atoms with van der Waals surface area (Å²) in [4.78, 5) is 11.3. The van der Waals surface area contributed by atoms with Crippen LogP contribution in [0.1, 0.15) is 11.3 Å². The van der Waals surface area contributed by atoms with Crippen LogP contribution in [0.5, 0.6) is 0 Å². The van der Waals surface area contributed by atoms with Crippen LogP contribution in [-0.2, 0) is 0 Å². The molecular formula is C17H15Cl2N3. The standard InChI is InChI=1S/C17H15Cl2N3/c1-22-10-9-20-15(17-16(22)3-2-8-21-17)7-5-12-4-6-13(18)14(19)11-12/h2-8,11H,9-10H2,1H3. The number of benzene rings is 1. The van der Waals surface area contributed by atoms with Crippen LogP contribution in [0.15, 0.2) is 47.6 Å². The molecule has 0 spiro atoms. The molecule has 2 heterocycles. The van der Waals surface area contributed by atoms with E-state index in [-0.39, 0.29) is 0 Å². The SMILES string of the molecule is CN1CCN=C(C=Cc2ccc(Cl)c(Cl)c2)c2ncccc21. The van der Waals surface area contributed by atoms with Gasteiger partial charge in [-0.1, -0.05) is 35.3 Å². The van der Waals surface area contributed by atoms with Crippen molar-refractivity contribution in [2.45, 2.75) is 0 Å². The Morgan fingerprint density at radius 2 is 2.00 bits per heavy atom. The number of nitrogens with zero attached hydrogens (tertiary/aromatic N) is 3. The number of aliphatic imine (C=N–C) groups is 1. The number of anilines is 1. The summed E-state index contributed by atoms with van der Waals surface area (Å²) in [5, 5.41) is 1.10. The average Bonchev–Trinajstić information content (AvgIpc) is 2.68. The second-order valence-corrected chi connectivity index (χ2v) is 5.88. The van der Waals surface area contributed by atoms with Crippen molar-refractivity contribution in [3.63, 3.8) is 0 Å². The van der Waals surface area contributed by atoms with Crippen LogP contribution in [0.2, 0.25) is 10.0 Å². The van der Waals surface area contributed by atoms with Crippen LogP contribution in [0.25, 0.3) is 6.08 Å². The molecule has 0 N–H and O–H groups in total. The molecule has 0 radical (unpaired) electrons. The number of aromatic nitrogens is 1. The Labute approximate surface area is 139 Å². The molecule has 1 aliphatic heterocycles. The summed E-state index contributed by atoms with van der Waals surface area (Å²) in [7, 11) is 2.06. The van der Waals surface area contributed by atoms with E-state index in [1.54, 1.807) is 12.3 Å². The Morgan fingerprint density at radius 3 is 2.82 bits per heavy atom. The van der Waals surface area contributed by atoms with Gasteiger partial charge in [0, 0.05) is 19.8 Å². The Morgan fingerprint density at radius 1 is 1.14 bits per heavy atom. The van der Waals surface area contributed by atoms with Gasteiger partial charge in [0.1, 0.15) is 5.69 Å². The fourth-order valence-corrected chi connectivity index (χ4v) is 2.65. The first-order valence-corrected chi connectivity index (χ1v) is 7.75. The van der Waals surface area contributed by atoms with E-state index in [0.717, 1.165) is 35.7 Å². The van der Waals surface area contributed by atoms with Gasteiger partial charge >= 0.3 is 0 Å². The molecule has 0 aliphatic carbocycles. The predicted octanol–water partition coefficient (Wildman–Crippen LogP) is 4.34. The Balaban J connectivity index is 1.94. The maximum absolute atomic E-state index is 6.05. The summed E-state index contributed by atoms with van der Waals surface area (Å²) in [6.07, 6.45) is 5.75. The van der Waals surface area contributed by atoms with Crippen molar-refractivity contribution < 1.29 is 0 Å². The van der Waals surface area contributed by atoms with Gasteiger partial charge in [0.15, 0.2) is 0 Å². The molecule has 0 bridgehead atoms. The van der Waals surface area contributed by atoms with Crippen LogP contribution in [0.3, 0.4) is 0 Å². The maximum Gasteiger partial charge on any atom is 0.111 e. The van der Waals surface area contributed by atoms with Gasteiger partial charge in [-0.25, -0.2) is 0 Å². The van der Waals surface area contributed by atoms with Gasteiger partial charge in [0.2, 0.25) is 0 Å². The number of rotatable bonds is 2. The fourth-order valence-electron chi connectivity index (χ4n) is 2.34. The number of hydrogen-bond acceptors (Lipinski definition) is 3. The lowest BCUT2D eigenvalue weighted by atomic mass is 10.1. The smallest absolute Gasteiger partial charge is 0.111 e. The molecule has 2 aromatic rings. The van der Waals surface area contributed by atoms with Crippen LogP contribution in [0.4, 0.5) is 5.69 Å². The first-order valence-electron chi connectivity index (χ1n) is 6.99. The van der Waals surface area contributed by atoms with Crippen LogP contribution < -0.4 is 4.90 Å². The molecule has 1 aromatic heterocycles. The lowest BCUT2D eigenvalue weighted by molar-refractivity contribution is 0.895. The quantitative estimate of drug-likeness (QED) is 0.818. The van der Waals surface area contributed by atoms with Crippen molar-refractivity contribution in [2.75, 3.05) is 25.0 Å². The monoisotopic (exact) mass is 331 g/mol. The van der Waals surface area contributed by atoms with Gasteiger partial charge < -0.3 is 4.90 Å². The molecule has 3 nitrogen and oxygen atoms in total. The Kier molecular flexibility index (Phi) is 4.46. The van der Waals surface area contributed by atoms with E-state index in [9.17, 15) is 0 Å². The predicted molar refractivity (Wildman–Crippen MR) is 94.4 cm³/mol. The van der Waals surface area contributed by atoms with Crippen LogP contribution in [0, 0.1) is 0 Å². The summed E-state index contributed by atoms with van der Waals surface area (Å²) in [6, 6.07) is 9.56. The van der Waals surface area contributed by atoms with E-state index < -0.39 is 0 Å². The largest absolute Gasteiger partial charge is 0.371 e. The molecule has 3 rings (SSSR count). The van der Waals surface area contributed by atoms with Gasteiger partial charge in [0.05, 0.1) is 28.0 Å². The molecule has 1 aliphatic rings. The molecule has 0 fully saturated rings. The number of likely N-dealkylation sites (N-methyl/N-ethyl adjacent to an activating group) is 1. The third-order valence-corrected chi connectivity index (χ3v) is 4.27. The normalized spacial score (nSPS) is 14.7. The van der Waals surface area contributed by atoms with Gasteiger partial charge in [-0.3, -0.25) is 9.98 Å². The zero-order valence-corrected chi connectivity index (χ0v) is 13.6. The minimum atomic E-state index is 0.546. The molecule has 0 saturated heterocycles. The summed E-state index contributed by atoms with van der Waals surface area (Å²) >= 11 is 12.0. The highest BCUT2D eigenvalue weighted by Crippen LogP contribution is 2.24. The van der Waals surface area contributed by atoms with E-state index in [0.29, 0.717) is 10.0 Å². The highest BCUT2D eigenvalue weighted by molar-refractivity contribution is 6.42. The van der Waals surface area contributed by atoms with Crippen molar-refractivity contribution in [3.8, 4) is 0 Å². The third-order valence-electron chi connectivity index (χ3n) is 3.54. The number of allylic oxidation sites excluding steroid dienone is 1. The van der Waals surface area contributed by atoms with Crippen molar-refractivity contribution in [2.24, 2.45) is 4.99 Å². The topological polar surface area (TPSA) is 28.5 Å². The molecule has 1 aromatic carbocycles. The van der Waals surface area contributed by atoms with Gasteiger partial charge in [-0.15, -0.1) is 0 Å². The van der Waals surface area contributed by atoms with E-state index in [2.05, 4.69) is 28.0 Å². The molecular weight excluding hydrogens is 317 g/mol. The first kappa shape index (κ1) is 15.1. The summed E-state index contributed by atoms with van der Waals surface area (Å²) in [5.74, 6) is 0. The van der Waals surface area contributed by atoms with Crippen LogP contribution >= 0.6 is 23.2 Å². The summed E-state index contributed by atoms with van der Waals surface area (Å²) in [5.41, 5.74) is 3.86. The molecule has 0 unspecified atom stereocenters. The molecule has 112 valence electrons. The van der Waals surface area contributed by atoms with Gasteiger partial charge in [0.25, 0.3) is 0 Å². The molecule has 22 heavy (non-hydrogen) atoms. The second-order valence-electron chi connectivity index (χ2n) is 5.07. The number of fused-ring (bicyclic) bond motifs is 1. The second kappa shape index (κ2) is 6.51. The zero-order valence-electron chi connectivity index (χ0n) is 12.1. The van der Waals surface area contributed by atoms with Crippen molar-refractivity contribution >= 4 is 40.7 Å². The molecule has 0 atom stereocenters. The minimum Gasteiger partial charge on any atom is -0.371 e. The molecule has 5 heteroatoms. The maximum atomic E-state index is 6.05. The summed E-state index contributed by atoms with van der Waals surface area (Å²) in [6.45, 7) is 1.62. The third kappa shape index (κ3) is 3.16. The van der Waals surface area contributed by atoms with Crippen LogP contribution in [-0.4, -0.2) is 30.8 Å². The highest BCUT2D eigenvalue weighted by atomic mass is 35.5. The van der Waals surface area contributed by atoms with Crippen molar-refractivity contribution in [1.29, 1.82) is 0 Å². The lowest BCUT2D eigenvalue weighted by Gasteiger charge is -2.17. The molecule has 0 saturated carbocycles.